The van der Waals surface area contributed by atoms with E-state index in [-0.39, 0.29) is 18.0 Å². The summed E-state index contributed by atoms with van der Waals surface area (Å²) in [5.41, 5.74) is 9.40. The maximum Gasteiger partial charge on any atom is 0.319 e. The highest BCUT2D eigenvalue weighted by atomic mass is 16.2. The normalized spacial score (nSPS) is 11.7. The lowest BCUT2D eigenvalue weighted by Gasteiger charge is -2.16. The number of benzene rings is 3. The summed E-state index contributed by atoms with van der Waals surface area (Å²) < 4.78 is 0. The van der Waals surface area contributed by atoms with Crippen molar-refractivity contribution >= 4 is 17.6 Å². The Labute approximate surface area is 194 Å². The van der Waals surface area contributed by atoms with Crippen molar-refractivity contribution in [3.8, 4) is 11.1 Å². The molecule has 0 aromatic heterocycles. The van der Waals surface area contributed by atoms with Crippen LogP contribution in [-0.2, 0) is 11.2 Å². The van der Waals surface area contributed by atoms with Crippen molar-refractivity contribution in [2.75, 3.05) is 18.4 Å². The zero-order valence-corrected chi connectivity index (χ0v) is 18.5. The molecule has 0 spiro atoms. The van der Waals surface area contributed by atoms with Gasteiger partial charge >= 0.3 is 6.03 Å². The first-order valence-corrected chi connectivity index (χ1v) is 11.1. The van der Waals surface area contributed by atoms with Gasteiger partial charge in [-0.3, -0.25) is 4.79 Å². The fourth-order valence-corrected chi connectivity index (χ4v) is 3.32. The Kier molecular flexibility index (Phi) is 9.24. The third-order valence-corrected chi connectivity index (χ3v) is 5.02. The number of nitrogens with two attached hydrogens (primary N) is 1. The Morgan fingerprint density at radius 2 is 1.48 bits per heavy atom. The van der Waals surface area contributed by atoms with Crippen LogP contribution in [0.2, 0.25) is 0 Å². The van der Waals surface area contributed by atoms with Crippen LogP contribution in [0.5, 0.6) is 0 Å². The number of anilines is 1. The Hall–Kier alpha value is -3.90. The van der Waals surface area contributed by atoms with Crippen LogP contribution >= 0.6 is 0 Å². The first kappa shape index (κ1) is 23.8. The Bertz CT molecular complexity index is 1030. The predicted molar refractivity (Wildman–Crippen MR) is 134 cm³/mol. The molecule has 0 bridgehead atoms. The molecule has 0 heterocycles. The van der Waals surface area contributed by atoms with Gasteiger partial charge in [0.2, 0.25) is 5.91 Å². The van der Waals surface area contributed by atoms with Gasteiger partial charge in [0.1, 0.15) is 0 Å². The van der Waals surface area contributed by atoms with Crippen LogP contribution < -0.4 is 21.7 Å². The largest absolute Gasteiger partial charge is 0.353 e. The fourth-order valence-electron chi connectivity index (χ4n) is 3.32. The number of rotatable bonds is 10. The van der Waals surface area contributed by atoms with Crippen molar-refractivity contribution in [1.82, 2.24) is 10.6 Å². The van der Waals surface area contributed by atoms with Gasteiger partial charge in [0.15, 0.2) is 0 Å². The van der Waals surface area contributed by atoms with Crippen LogP contribution in [0.1, 0.15) is 12.0 Å². The molecule has 0 aliphatic heterocycles. The minimum absolute atomic E-state index is 0.208. The van der Waals surface area contributed by atoms with Gasteiger partial charge in [-0.1, -0.05) is 78.9 Å². The molecular formula is C27H30N4O2. The third kappa shape index (κ3) is 8.27. The highest BCUT2D eigenvalue weighted by molar-refractivity contribution is 5.90. The summed E-state index contributed by atoms with van der Waals surface area (Å²) in [6, 6.07) is 26.9. The number of nitrogens with one attached hydrogen (secondary N) is 3. The van der Waals surface area contributed by atoms with Crippen molar-refractivity contribution in [3.05, 3.63) is 103 Å². The van der Waals surface area contributed by atoms with E-state index in [4.69, 9.17) is 5.73 Å². The molecule has 0 aliphatic carbocycles. The minimum atomic E-state index is -0.351. The van der Waals surface area contributed by atoms with E-state index in [0.29, 0.717) is 25.2 Å². The lowest BCUT2D eigenvalue weighted by molar-refractivity contribution is -0.116. The van der Waals surface area contributed by atoms with Gasteiger partial charge in [0, 0.05) is 18.3 Å². The molecule has 3 amide bonds. The smallest absolute Gasteiger partial charge is 0.319 e. The standard InChI is InChI=1S/C27H30N4O2/c28-18-7-19-29-26(32)17-16-25(20-21-8-3-1-4-9-21)31-27(33)30-24-14-12-23(13-15-24)22-10-5-2-6-11-22/h1-6,8-17,25H,7,18-20,28H2,(H,29,32)(H2,30,31,33)/b17-16+/t25-/m1/s1. The summed E-state index contributed by atoms with van der Waals surface area (Å²) in [4.78, 5) is 24.7. The van der Waals surface area contributed by atoms with E-state index in [0.717, 1.165) is 23.1 Å². The van der Waals surface area contributed by atoms with E-state index in [1.54, 1.807) is 6.08 Å². The second-order valence-electron chi connectivity index (χ2n) is 7.63. The van der Waals surface area contributed by atoms with Gasteiger partial charge in [-0.25, -0.2) is 4.79 Å². The van der Waals surface area contributed by atoms with Gasteiger partial charge in [-0.15, -0.1) is 0 Å². The van der Waals surface area contributed by atoms with E-state index < -0.39 is 0 Å². The first-order valence-electron chi connectivity index (χ1n) is 11.1. The van der Waals surface area contributed by atoms with Crippen molar-refractivity contribution in [2.45, 2.75) is 18.9 Å². The lowest BCUT2D eigenvalue weighted by Crippen LogP contribution is -2.38. The van der Waals surface area contributed by atoms with Crippen molar-refractivity contribution in [3.63, 3.8) is 0 Å². The molecule has 170 valence electrons. The topological polar surface area (TPSA) is 96.2 Å². The van der Waals surface area contributed by atoms with E-state index in [2.05, 4.69) is 16.0 Å². The number of hydrogen-bond acceptors (Lipinski definition) is 3. The summed E-state index contributed by atoms with van der Waals surface area (Å²) in [7, 11) is 0. The molecule has 0 aliphatic rings. The molecule has 0 radical (unpaired) electrons. The maximum absolute atomic E-state index is 12.7. The molecule has 33 heavy (non-hydrogen) atoms. The zero-order valence-electron chi connectivity index (χ0n) is 18.5. The van der Waals surface area contributed by atoms with E-state index in [9.17, 15) is 9.59 Å². The highest BCUT2D eigenvalue weighted by Gasteiger charge is 2.11. The molecule has 6 heteroatoms. The summed E-state index contributed by atoms with van der Waals surface area (Å²) in [6.07, 6.45) is 4.45. The molecule has 0 saturated carbocycles. The Balaban J connectivity index is 1.61. The summed E-state index contributed by atoms with van der Waals surface area (Å²) in [5, 5.41) is 8.59. The highest BCUT2D eigenvalue weighted by Crippen LogP contribution is 2.21. The van der Waals surface area contributed by atoms with Gasteiger partial charge in [0.05, 0.1) is 6.04 Å². The number of urea groups is 1. The van der Waals surface area contributed by atoms with Crippen LogP contribution in [0, 0.1) is 0 Å². The second kappa shape index (κ2) is 12.8. The molecule has 1 atom stereocenters. The van der Waals surface area contributed by atoms with Crippen LogP contribution in [-0.4, -0.2) is 31.1 Å². The first-order chi connectivity index (χ1) is 16.1. The van der Waals surface area contributed by atoms with Crippen LogP contribution in [0.4, 0.5) is 10.5 Å². The summed E-state index contributed by atoms with van der Waals surface area (Å²) in [6.45, 7) is 1.05. The zero-order chi connectivity index (χ0) is 23.3. The van der Waals surface area contributed by atoms with E-state index in [1.165, 1.54) is 6.08 Å². The number of hydrogen-bond donors (Lipinski definition) is 4. The average Bonchev–Trinajstić information content (AvgIpc) is 2.84. The molecule has 0 unspecified atom stereocenters. The van der Waals surface area contributed by atoms with Crippen molar-refractivity contribution < 1.29 is 9.59 Å². The number of carbonyl (C=O) groups is 2. The number of amides is 3. The minimum Gasteiger partial charge on any atom is -0.353 e. The van der Waals surface area contributed by atoms with Gasteiger partial charge in [-0.05, 0) is 48.2 Å². The Morgan fingerprint density at radius 3 is 2.15 bits per heavy atom. The van der Waals surface area contributed by atoms with Crippen molar-refractivity contribution in [2.24, 2.45) is 5.73 Å². The molecule has 3 rings (SSSR count). The SMILES string of the molecule is NCCCNC(=O)/C=C/[C@H](Cc1ccccc1)NC(=O)Nc1ccc(-c2ccccc2)cc1. The molecule has 0 saturated heterocycles. The molecule has 6 nitrogen and oxygen atoms in total. The molecular weight excluding hydrogens is 412 g/mol. The van der Waals surface area contributed by atoms with E-state index >= 15 is 0 Å². The van der Waals surface area contributed by atoms with Gasteiger partial charge < -0.3 is 21.7 Å². The monoisotopic (exact) mass is 442 g/mol. The van der Waals surface area contributed by atoms with Crippen LogP contribution in [0.15, 0.2) is 97.1 Å². The van der Waals surface area contributed by atoms with Gasteiger partial charge in [-0.2, -0.15) is 0 Å². The predicted octanol–water partition coefficient (Wildman–Crippen LogP) is 4.11. The second-order valence-corrected chi connectivity index (χ2v) is 7.63. The fraction of sp³-hybridized carbons (Fsp3) is 0.185. The summed E-state index contributed by atoms with van der Waals surface area (Å²) in [5.74, 6) is -0.208. The third-order valence-electron chi connectivity index (χ3n) is 5.02. The van der Waals surface area contributed by atoms with Crippen LogP contribution in [0.3, 0.4) is 0 Å². The summed E-state index contributed by atoms with van der Waals surface area (Å²) >= 11 is 0. The number of carbonyl (C=O) groups excluding carboxylic acids is 2. The maximum atomic E-state index is 12.7. The molecule has 5 N–H and O–H groups in total. The average molecular weight is 443 g/mol. The van der Waals surface area contributed by atoms with Gasteiger partial charge in [0.25, 0.3) is 0 Å². The lowest BCUT2D eigenvalue weighted by atomic mass is 10.1. The Morgan fingerprint density at radius 1 is 0.848 bits per heavy atom. The molecule has 3 aromatic rings. The van der Waals surface area contributed by atoms with E-state index in [1.807, 2.05) is 84.9 Å². The molecule has 3 aromatic carbocycles. The van der Waals surface area contributed by atoms with Crippen molar-refractivity contribution in [1.29, 1.82) is 0 Å². The quantitative estimate of drug-likeness (QED) is 0.281. The molecule has 0 fully saturated rings. The van der Waals surface area contributed by atoms with Crippen LogP contribution in [0.25, 0.3) is 11.1 Å².